The summed E-state index contributed by atoms with van der Waals surface area (Å²) in [7, 11) is -3.76. The molecule has 1 saturated heterocycles. The number of carbonyl (C=O) groups excluding carboxylic acids is 1. The minimum absolute atomic E-state index is 0.0913. The summed E-state index contributed by atoms with van der Waals surface area (Å²) >= 11 is 0. The molecule has 2 N–H and O–H groups in total. The van der Waals surface area contributed by atoms with Crippen LogP contribution in [0.4, 0.5) is 0 Å². The van der Waals surface area contributed by atoms with Crippen LogP contribution in [0.3, 0.4) is 0 Å². The summed E-state index contributed by atoms with van der Waals surface area (Å²) in [5, 5.41) is 11.3. The van der Waals surface area contributed by atoms with Crippen LogP contribution in [0.5, 0.6) is 0 Å². The molecule has 0 bridgehead atoms. The molecule has 9 nitrogen and oxygen atoms in total. The monoisotopic (exact) mass is 456 g/mol. The van der Waals surface area contributed by atoms with Gasteiger partial charge in [0.25, 0.3) is 15.9 Å². The number of aromatic nitrogens is 2. The third kappa shape index (κ3) is 4.74. The number of hydrogen-bond acceptors (Lipinski definition) is 6. The third-order valence-corrected chi connectivity index (χ3v) is 7.90. The van der Waals surface area contributed by atoms with Crippen molar-refractivity contribution in [3.8, 4) is 0 Å². The molecule has 10 heteroatoms. The molecular formula is C22H28N6O3S. The molecular weight excluding hydrogens is 428 g/mol. The van der Waals surface area contributed by atoms with Crippen molar-refractivity contribution in [2.75, 3.05) is 19.6 Å². The number of benzene rings is 1. The zero-order valence-electron chi connectivity index (χ0n) is 17.9. The summed E-state index contributed by atoms with van der Waals surface area (Å²) in [5.74, 6) is -0.159. The van der Waals surface area contributed by atoms with Crippen molar-refractivity contribution >= 4 is 21.9 Å². The average Bonchev–Trinajstić information content (AvgIpc) is 3.22. The Balaban J connectivity index is 1.34. The fourth-order valence-electron chi connectivity index (χ4n) is 4.33. The van der Waals surface area contributed by atoms with Gasteiger partial charge in [0, 0.05) is 31.5 Å². The van der Waals surface area contributed by atoms with Crippen molar-refractivity contribution in [2.24, 2.45) is 0 Å². The van der Waals surface area contributed by atoms with Gasteiger partial charge in [-0.2, -0.15) is 0 Å². The molecule has 2 aliphatic rings. The molecule has 1 aromatic heterocycles. The maximum atomic E-state index is 13.1. The van der Waals surface area contributed by atoms with Gasteiger partial charge < -0.3 is 10.2 Å². The first-order valence-corrected chi connectivity index (χ1v) is 12.4. The van der Waals surface area contributed by atoms with E-state index in [1.165, 1.54) is 29.4 Å². The fourth-order valence-corrected chi connectivity index (χ4v) is 5.72. The standard InChI is InChI=1S/C22H28N6O3S/c23-22-27(19-4-2-1-3-5-19)12-13-28(22)32(30,31)20-8-6-17(7-9-20)10-11-26-21(29)18-14-24-16-25-15-18/h6-9,14-16,19,23H,1-5,10-13H2,(H,26,29). The molecule has 2 heterocycles. The number of hydrogen-bond donors (Lipinski definition) is 2. The predicted molar refractivity (Wildman–Crippen MR) is 120 cm³/mol. The van der Waals surface area contributed by atoms with E-state index in [0.29, 0.717) is 31.6 Å². The Kier molecular flexibility index (Phi) is 6.69. The summed E-state index contributed by atoms with van der Waals surface area (Å²) in [6, 6.07) is 6.94. The second-order valence-electron chi connectivity index (χ2n) is 8.16. The highest BCUT2D eigenvalue weighted by molar-refractivity contribution is 7.89. The van der Waals surface area contributed by atoms with Crippen molar-refractivity contribution < 1.29 is 13.2 Å². The van der Waals surface area contributed by atoms with E-state index >= 15 is 0 Å². The van der Waals surface area contributed by atoms with Crippen molar-refractivity contribution in [3.63, 3.8) is 0 Å². The summed E-state index contributed by atoms with van der Waals surface area (Å²) in [5.41, 5.74) is 1.30. The lowest BCUT2D eigenvalue weighted by atomic mass is 9.94. The molecule has 1 amide bonds. The van der Waals surface area contributed by atoms with Gasteiger partial charge in [-0.25, -0.2) is 22.7 Å². The van der Waals surface area contributed by atoms with Crippen LogP contribution in [0.25, 0.3) is 0 Å². The van der Waals surface area contributed by atoms with Gasteiger partial charge in [0.05, 0.1) is 17.0 Å². The minimum Gasteiger partial charge on any atom is -0.352 e. The first kappa shape index (κ1) is 22.2. The molecule has 1 aliphatic heterocycles. The maximum absolute atomic E-state index is 13.1. The molecule has 170 valence electrons. The van der Waals surface area contributed by atoms with Crippen LogP contribution >= 0.6 is 0 Å². The molecule has 32 heavy (non-hydrogen) atoms. The Labute approximate surface area is 188 Å². The number of nitrogens with zero attached hydrogens (tertiary/aromatic N) is 4. The number of nitrogens with one attached hydrogen (secondary N) is 2. The van der Waals surface area contributed by atoms with E-state index in [4.69, 9.17) is 5.41 Å². The zero-order valence-corrected chi connectivity index (χ0v) is 18.7. The summed E-state index contributed by atoms with van der Waals surface area (Å²) in [6.07, 6.45) is 10.4. The van der Waals surface area contributed by atoms with Crippen LogP contribution in [-0.2, 0) is 16.4 Å². The molecule has 1 aromatic carbocycles. The van der Waals surface area contributed by atoms with E-state index in [0.717, 1.165) is 31.2 Å². The number of rotatable bonds is 7. The van der Waals surface area contributed by atoms with Crippen molar-refractivity contribution in [1.29, 1.82) is 5.41 Å². The Hall–Kier alpha value is -3.01. The van der Waals surface area contributed by atoms with Gasteiger partial charge in [0.2, 0.25) is 5.96 Å². The van der Waals surface area contributed by atoms with Gasteiger partial charge in [0.1, 0.15) is 6.33 Å². The van der Waals surface area contributed by atoms with Gasteiger partial charge in [-0.3, -0.25) is 10.2 Å². The smallest absolute Gasteiger partial charge is 0.266 e. The molecule has 0 spiro atoms. The Morgan fingerprint density at radius 1 is 1.06 bits per heavy atom. The molecule has 0 atom stereocenters. The largest absolute Gasteiger partial charge is 0.352 e. The molecule has 2 aromatic rings. The topological polar surface area (TPSA) is 119 Å². The average molecular weight is 457 g/mol. The van der Waals surface area contributed by atoms with Crippen LogP contribution in [0.1, 0.15) is 48.0 Å². The molecule has 0 unspecified atom stereocenters. The van der Waals surface area contributed by atoms with Gasteiger partial charge in [-0.15, -0.1) is 0 Å². The Bertz CT molecular complexity index is 1050. The van der Waals surface area contributed by atoms with Crippen LogP contribution in [0, 0.1) is 5.41 Å². The number of carbonyl (C=O) groups is 1. The maximum Gasteiger partial charge on any atom is 0.266 e. The highest BCUT2D eigenvalue weighted by atomic mass is 32.2. The van der Waals surface area contributed by atoms with E-state index in [2.05, 4.69) is 15.3 Å². The fraction of sp³-hybridized carbons (Fsp3) is 0.455. The summed E-state index contributed by atoms with van der Waals surface area (Å²) < 4.78 is 27.5. The lowest BCUT2D eigenvalue weighted by Crippen LogP contribution is -2.42. The molecule has 4 rings (SSSR count). The van der Waals surface area contributed by atoms with Crippen molar-refractivity contribution in [2.45, 2.75) is 49.5 Å². The van der Waals surface area contributed by atoms with Crippen molar-refractivity contribution in [3.05, 3.63) is 54.1 Å². The van der Waals surface area contributed by atoms with Crippen LogP contribution in [0.15, 0.2) is 47.9 Å². The van der Waals surface area contributed by atoms with E-state index in [1.807, 2.05) is 4.90 Å². The summed E-state index contributed by atoms with van der Waals surface area (Å²) in [4.78, 5) is 21.8. The quantitative estimate of drug-likeness (QED) is 0.658. The summed E-state index contributed by atoms with van der Waals surface area (Å²) in [6.45, 7) is 1.30. The molecule has 1 aliphatic carbocycles. The zero-order chi connectivity index (χ0) is 22.6. The van der Waals surface area contributed by atoms with Gasteiger partial charge in [-0.1, -0.05) is 31.4 Å². The number of sulfonamides is 1. The van der Waals surface area contributed by atoms with Crippen LogP contribution in [0.2, 0.25) is 0 Å². The Morgan fingerprint density at radius 2 is 1.75 bits per heavy atom. The highest BCUT2D eigenvalue weighted by Crippen LogP contribution is 2.28. The van der Waals surface area contributed by atoms with Crippen LogP contribution < -0.4 is 5.32 Å². The molecule has 0 radical (unpaired) electrons. The predicted octanol–water partition coefficient (Wildman–Crippen LogP) is 2.02. The lowest BCUT2D eigenvalue weighted by molar-refractivity contribution is 0.0953. The van der Waals surface area contributed by atoms with Crippen molar-refractivity contribution in [1.82, 2.24) is 24.5 Å². The second kappa shape index (κ2) is 9.64. The van der Waals surface area contributed by atoms with E-state index in [9.17, 15) is 13.2 Å². The SMILES string of the molecule is N=C1N(C2CCCCC2)CCN1S(=O)(=O)c1ccc(CCNC(=O)c2cncnc2)cc1. The first-order valence-electron chi connectivity index (χ1n) is 11.0. The van der Waals surface area contributed by atoms with E-state index < -0.39 is 10.0 Å². The number of guanidine groups is 1. The number of amides is 1. The van der Waals surface area contributed by atoms with Gasteiger partial charge in [0.15, 0.2) is 0 Å². The van der Waals surface area contributed by atoms with Crippen LogP contribution in [-0.4, -0.2) is 65.1 Å². The van der Waals surface area contributed by atoms with Gasteiger partial charge >= 0.3 is 0 Å². The van der Waals surface area contributed by atoms with Gasteiger partial charge in [-0.05, 0) is 37.0 Å². The van der Waals surface area contributed by atoms with E-state index in [-0.39, 0.29) is 22.8 Å². The first-order chi connectivity index (χ1) is 15.5. The Morgan fingerprint density at radius 3 is 2.44 bits per heavy atom. The molecule has 1 saturated carbocycles. The highest BCUT2D eigenvalue weighted by Gasteiger charge is 2.38. The minimum atomic E-state index is -3.76. The normalized spacial score (nSPS) is 17.6. The second-order valence-corrected chi connectivity index (χ2v) is 10.0. The molecule has 2 fully saturated rings. The lowest BCUT2D eigenvalue weighted by Gasteiger charge is -2.32. The van der Waals surface area contributed by atoms with E-state index in [1.54, 1.807) is 24.3 Å². The third-order valence-electron chi connectivity index (χ3n) is 6.10.